The molecule has 0 aliphatic rings. The molecule has 0 aliphatic carbocycles. The Hall–Kier alpha value is -3.52. The highest BCUT2D eigenvalue weighted by atomic mass is 32.1. The van der Waals surface area contributed by atoms with Gasteiger partial charge in [0, 0.05) is 11.3 Å². The van der Waals surface area contributed by atoms with Crippen LogP contribution in [0.2, 0.25) is 0 Å². The van der Waals surface area contributed by atoms with E-state index >= 15 is 0 Å². The minimum atomic E-state index is -0.446. The molecule has 2 heterocycles. The standard InChI is InChI=1S/C19H12FN3O3S/c20-12-5-3-11(4-6-12)18-22-14-10-13(7-8-15(14)26-18)21-19(27)23-17(24)16-2-1-9-25-16/h1-10H,(H2,21,23,24,27). The van der Waals surface area contributed by atoms with Gasteiger partial charge in [-0.05, 0) is 66.8 Å². The molecule has 0 atom stereocenters. The number of hydrogen-bond donors (Lipinski definition) is 2. The van der Waals surface area contributed by atoms with Crippen molar-refractivity contribution in [3.8, 4) is 11.5 Å². The molecule has 27 heavy (non-hydrogen) atoms. The number of benzene rings is 2. The molecule has 0 radical (unpaired) electrons. The van der Waals surface area contributed by atoms with E-state index < -0.39 is 5.91 Å². The van der Waals surface area contributed by atoms with Crippen LogP contribution in [0.3, 0.4) is 0 Å². The zero-order valence-electron chi connectivity index (χ0n) is 13.7. The van der Waals surface area contributed by atoms with Gasteiger partial charge in [0.05, 0.1) is 6.26 Å². The number of nitrogens with one attached hydrogen (secondary N) is 2. The molecule has 0 saturated heterocycles. The van der Waals surface area contributed by atoms with Crippen molar-refractivity contribution < 1.29 is 18.0 Å². The minimum absolute atomic E-state index is 0.123. The number of aromatic nitrogens is 1. The predicted molar refractivity (Wildman–Crippen MR) is 102 cm³/mol. The van der Waals surface area contributed by atoms with Gasteiger partial charge < -0.3 is 14.2 Å². The van der Waals surface area contributed by atoms with Crippen LogP contribution < -0.4 is 10.6 Å². The van der Waals surface area contributed by atoms with E-state index in [9.17, 15) is 9.18 Å². The maximum atomic E-state index is 13.1. The lowest BCUT2D eigenvalue weighted by molar-refractivity contribution is 0.0950. The predicted octanol–water partition coefficient (Wildman–Crippen LogP) is 4.35. The Kier molecular flexibility index (Phi) is 4.39. The Morgan fingerprint density at radius 2 is 1.93 bits per heavy atom. The van der Waals surface area contributed by atoms with Crippen molar-refractivity contribution in [2.24, 2.45) is 0 Å². The van der Waals surface area contributed by atoms with Crippen molar-refractivity contribution in [2.75, 3.05) is 5.32 Å². The van der Waals surface area contributed by atoms with Crippen LogP contribution >= 0.6 is 12.2 Å². The number of oxazole rings is 1. The molecular weight excluding hydrogens is 369 g/mol. The lowest BCUT2D eigenvalue weighted by Crippen LogP contribution is -2.33. The smallest absolute Gasteiger partial charge is 0.293 e. The largest absolute Gasteiger partial charge is 0.459 e. The molecule has 0 aliphatic heterocycles. The number of fused-ring (bicyclic) bond motifs is 1. The highest BCUT2D eigenvalue weighted by molar-refractivity contribution is 7.80. The first kappa shape index (κ1) is 16.9. The molecule has 134 valence electrons. The topological polar surface area (TPSA) is 80.3 Å². The van der Waals surface area contributed by atoms with E-state index in [1.165, 1.54) is 24.5 Å². The highest BCUT2D eigenvalue weighted by Gasteiger charge is 2.12. The Labute approximate surface area is 158 Å². The van der Waals surface area contributed by atoms with Crippen LogP contribution in [0.15, 0.2) is 69.7 Å². The summed E-state index contributed by atoms with van der Waals surface area (Å²) in [6.45, 7) is 0. The molecule has 0 bridgehead atoms. The molecule has 2 aromatic carbocycles. The van der Waals surface area contributed by atoms with Crippen molar-refractivity contribution in [3.05, 3.63) is 72.4 Å². The Morgan fingerprint density at radius 3 is 2.67 bits per heavy atom. The zero-order valence-corrected chi connectivity index (χ0v) is 14.5. The van der Waals surface area contributed by atoms with Crippen molar-refractivity contribution in [3.63, 3.8) is 0 Å². The number of carbonyl (C=O) groups excluding carboxylic acids is 1. The van der Waals surface area contributed by atoms with Crippen molar-refractivity contribution >= 4 is 40.0 Å². The average molecular weight is 381 g/mol. The molecule has 8 heteroatoms. The Bertz CT molecular complexity index is 1120. The molecular formula is C19H12FN3O3S. The van der Waals surface area contributed by atoms with Gasteiger partial charge in [0.25, 0.3) is 5.91 Å². The number of nitrogens with zero attached hydrogens (tertiary/aromatic N) is 1. The van der Waals surface area contributed by atoms with E-state index in [1.54, 1.807) is 36.4 Å². The number of thiocarbonyl (C=S) groups is 1. The zero-order chi connectivity index (χ0) is 18.8. The molecule has 4 rings (SSSR count). The van der Waals surface area contributed by atoms with E-state index in [0.29, 0.717) is 28.2 Å². The maximum Gasteiger partial charge on any atom is 0.293 e. The van der Waals surface area contributed by atoms with Gasteiger partial charge in [-0.25, -0.2) is 9.37 Å². The maximum absolute atomic E-state index is 13.1. The molecule has 1 amide bonds. The summed E-state index contributed by atoms with van der Waals surface area (Å²) in [7, 11) is 0. The number of amides is 1. The normalized spacial score (nSPS) is 10.7. The highest BCUT2D eigenvalue weighted by Crippen LogP contribution is 2.26. The third kappa shape index (κ3) is 3.70. The average Bonchev–Trinajstić information content (AvgIpc) is 3.31. The number of furan rings is 1. The van der Waals surface area contributed by atoms with Gasteiger partial charge in [0.2, 0.25) is 5.89 Å². The molecule has 0 spiro atoms. The van der Waals surface area contributed by atoms with Crippen LogP contribution in [0.4, 0.5) is 10.1 Å². The lowest BCUT2D eigenvalue weighted by Gasteiger charge is -2.08. The van der Waals surface area contributed by atoms with E-state index in [4.69, 9.17) is 21.1 Å². The van der Waals surface area contributed by atoms with Crippen molar-refractivity contribution in [1.82, 2.24) is 10.3 Å². The molecule has 0 unspecified atom stereocenters. The van der Waals surface area contributed by atoms with Crippen LogP contribution in [0.25, 0.3) is 22.6 Å². The number of anilines is 1. The summed E-state index contributed by atoms with van der Waals surface area (Å²) in [5, 5.41) is 5.56. The molecule has 6 nitrogen and oxygen atoms in total. The fraction of sp³-hybridized carbons (Fsp3) is 0. The summed E-state index contributed by atoms with van der Waals surface area (Å²) < 4.78 is 23.8. The molecule has 0 saturated carbocycles. The van der Waals surface area contributed by atoms with Crippen molar-refractivity contribution in [2.45, 2.75) is 0 Å². The number of hydrogen-bond acceptors (Lipinski definition) is 5. The van der Waals surface area contributed by atoms with E-state index in [2.05, 4.69) is 15.6 Å². The number of halogens is 1. The van der Waals surface area contributed by atoms with Gasteiger partial charge >= 0.3 is 0 Å². The van der Waals surface area contributed by atoms with Crippen LogP contribution in [-0.2, 0) is 0 Å². The van der Waals surface area contributed by atoms with Gasteiger partial charge in [-0.15, -0.1) is 0 Å². The lowest BCUT2D eigenvalue weighted by atomic mass is 10.2. The van der Waals surface area contributed by atoms with Gasteiger partial charge in [-0.2, -0.15) is 0 Å². The molecule has 0 fully saturated rings. The van der Waals surface area contributed by atoms with Crippen LogP contribution in [0.5, 0.6) is 0 Å². The van der Waals surface area contributed by atoms with Crippen LogP contribution in [-0.4, -0.2) is 16.0 Å². The van der Waals surface area contributed by atoms with E-state index in [0.717, 1.165) is 0 Å². The summed E-state index contributed by atoms with van der Waals surface area (Å²) in [6.07, 6.45) is 1.41. The first-order chi connectivity index (χ1) is 13.1. The summed E-state index contributed by atoms with van der Waals surface area (Å²) in [6, 6.07) is 14.2. The first-order valence-electron chi connectivity index (χ1n) is 7.91. The second-order valence-corrected chi connectivity index (χ2v) is 6.00. The SMILES string of the molecule is O=C(NC(=S)Nc1ccc2oc(-c3ccc(F)cc3)nc2c1)c1ccco1. The third-order valence-corrected chi connectivity index (χ3v) is 3.91. The van der Waals surface area contributed by atoms with Gasteiger partial charge in [-0.1, -0.05) is 0 Å². The molecule has 2 N–H and O–H groups in total. The van der Waals surface area contributed by atoms with Crippen molar-refractivity contribution in [1.29, 1.82) is 0 Å². The quantitative estimate of drug-likeness (QED) is 0.514. The van der Waals surface area contributed by atoms with Gasteiger partial charge in [-0.3, -0.25) is 10.1 Å². The fourth-order valence-corrected chi connectivity index (χ4v) is 2.67. The molecule has 4 aromatic rings. The fourth-order valence-electron chi connectivity index (χ4n) is 2.46. The second kappa shape index (κ2) is 7.00. The van der Waals surface area contributed by atoms with Gasteiger partial charge in [0.15, 0.2) is 16.5 Å². The van der Waals surface area contributed by atoms with E-state index in [1.807, 2.05) is 0 Å². The van der Waals surface area contributed by atoms with Crippen LogP contribution in [0.1, 0.15) is 10.6 Å². The number of carbonyl (C=O) groups is 1. The summed E-state index contributed by atoms with van der Waals surface area (Å²) in [5.74, 6) is -0.226. The summed E-state index contributed by atoms with van der Waals surface area (Å²) >= 11 is 5.14. The first-order valence-corrected chi connectivity index (χ1v) is 8.32. The third-order valence-electron chi connectivity index (χ3n) is 3.71. The monoisotopic (exact) mass is 381 g/mol. The second-order valence-electron chi connectivity index (χ2n) is 5.59. The summed E-state index contributed by atoms with van der Waals surface area (Å²) in [5.41, 5.74) is 2.47. The Balaban J connectivity index is 1.50. The number of rotatable bonds is 3. The minimum Gasteiger partial charge on any atom is -0.459 e. The van der Waals surface area contributed by atoms with Crippen LogP contribution in [0, 0.1) is 5.82 Å². The molecule has 2 aromatic heterocycles. The van der Waals surface area contributed by atoms with Gasteiger partial charge in [0.1, 0.15) is 11.3 Å². The summed E-state index contributed by atoms with van der Waals surface area (Å²) in [4.78, 5) is 16.3. The van der Waals surface area contributed by atoms with E-state index in [-0.39, 0.29) is 16.7 Å². The Morgan fingerprint density at radius 1 is 1.11 bits per heavy atom.